The smallest absolute Gasteiger partial charge is 0.348 e. The summed E-state index contributed by atoms with van der Waals surface area (Å²) < 4.78 is 16.6. The van der Waals surface area contributed by atoms with E-state index in [1.165, 1.54) is 0 Å². The summed E-state index contributed by atoms with van der Waals surface area (Å²) in [6.45, 7) is 1.98. The maximum atomic E-state index is 12.6. The van der Waals surface area contributed by atoms with E-state index in [1.54, 1.807) is 19.1 Å². The highest BCUT2D eigenvalue weighted by molar-refractivity contribution is 5.88. The number of rotatable bonds is 3. The number of hydrogen-bond acceptors (Lipinski definition) is 5. The molecule has 5 heteroatoms. The van der Waals surface area contributed by atoms with Crippen molar-refractivity contribution in [3.63, 3.8) is 0 Å². The van der Waals surface area contributed by atoms with E-state index in [2.05, 4.69) is 0 Å². The number of esters is 1. The average molecular weight is 336 g/mol. The summed E-state index contributed by atoms with van der Waals surface area (Å²) in [6, 6.07) is 16.5. The standard InChI is InChI=1S/C20H16O5/c1-2-23-20(22)18-15(12-8-4-3-5-9-12)16-17(25-18)13-10-6-7-11-14(13)24-19(16)21/h3-11,15,18H,2H2,1H3/t15-,18+/m0/s1. The lowest BCUT2D eigenvalue weighted by Gasteiger charge is -2.17. The van der Waals surface area contributed by atoms with Crippen LogP contribution in [0.2, 0.25) is 0 Å². The van der Waals surface area contributed by atoms with Crippen molar-refractivity contribution in [2.75, 3.05) is 6.61 Å². The summed E-state index contributed by atoms with van der Waals surface area (Å²) in [7, 11) is 0. The summed E-state index contributed by atoms with van der Waals surface area (Å²) in [5, 5.41) is 0.671. The Morgan fingerprint density at radius 3 is 2.56 bits per heavy atom. The van der Waals surface area contributed by atoms with E-state index in [4.69, 9.17) is 13.9 Å². The molecule has 4 rings (SSSR count). The fraction of sp³-hybridized carbons (Fsp3) is 0.200. The van der Waals surface area contributed by atoms with Gasteiger partial charge in [-0.1, -0.05) is 42.5 Å². The first kappa shape index (κ1) is 15.4. The highest BCUT2D eigenvalue weighted by Gasteiger charge is 2.44. The van der Waals surface area contributed by atoms with Gasteiger partial charge in [0.25, 0.3) is 0 Å². The Bertz CT molecular complexity index is 990. The molecular weight excluding hydrogens is 320 g/mol. The van der Waals surface area contributed by atoms with Crippen molar-refractivity contribution in [3.05, 3.63) is 76.1 Å². The van der Waals surface area contributed by atoms with Crippen LogP contribution in [0.4, 0.5) is 0 Å². The van der Waals surface area contributed by atoms with Crippen molar-refractivity contribution in [1.29, 1.82) is 0 Å². The first-order valence-electron chi connectivity index (χ1n) is 8.14. The maximum Gasteiger partial charge on any atom is 0.348 e. The third kappa shape index (κ3) is 2.48. The second-order valence-electron chi connectivity index (χ2n) is 5.81. The number of para-hydroxylation sites is 1. The van der Waals surface area contributed by atoms with Crippen LogP contribution < -0.4 is 10.4 Å². The highest BCUT2D eigenvalue weighted by atomic mass is 16.6. The molecule has 1 aliphatic rings. The molecule has 25 heavy (non-hydrogen) atoms. The molecule has 3 aromatic rings. The molecule has 1 aromatic heterocycles. The molecule has 0 spiro atoms. The topological polar surface area (TPSA) is 65.7 Å². The lowest BCUT2D eigenvalue weighted by molar-refractivity contribution is -0.151. The molecule has 0 fully saturated rings. The van der Waals surface area contributed by atoms with Crippen molar-refractivity contribution in [2.45, 2.75) is 18.9 Å². The van der Waals surface area contributed by atoms with Crippen LogP contribution in [0.3, 0.4) is 0 Å². The molecule has 2 heterocycles. The van der Waals surface area contributed by atoms with E-state index in [0.29, 0.717) is 22.3 Å². The molecule has 0 radical (unpaired) electrons. The Labute approximate surface area is 143 Å². The molecule has 126 valence electrons. The van der Waals surface area contributed by atoms with E-state index in [-0.39, 0.29) is 6.61 Å². The molecule has 1 aliphatic heterocycles. The van der Waals surface area contributed by atoms with Gasteiger partial charge in [-0.15, -0.1) is 0 Å². The second-order valence-corrected chi connectivity index (χ2v) is 5.81. The zero-order valence-electron chi connectivity index (χ0n) is 13.6. The zero-order chi connectivity index (χ0) is 17.4. The molecule has 2 aromatic carbocycles. The van der Waals surface area contributed by atoms with Gasteiger partial charge in [-0.2, -0.15) is 0 Å². The lowest BCUT2D eigenvalue weighted by atomic mass is 9.88. The van der Waals surface area contributed by atoms with Gasteiger partial charge in [0, 0.05) is 0 Å². The monoisotopic (exact) mass is 336 g/mol. The van der Waals surface area contributed by atoms with Crippen molar-refractivity contribution >= 4 is 16.9 Å². The maximum absolute atomic E-state index is 12.6. The molecule has 0 aliphatic carbocycles. The van der Waals surface area contributed by atoms with E-state index >= 15 is 0 Å². The van der Waals surface area contributed by atoms with E-state index in [1.807, 2.05) is 42.5 Å². The van der Waals surface area contributed by atoms with Gasteiger partial charge in [0.1, 0.15) is 11.3 Å². The summed E-state index contributed by atoms with van der Waals surface area (Å²) in [5.74, 6) is -0.647. The largest absolute Gasteiger partial charge is 0.476 e. The van der Waals surface area contributed by atoms with Crippen LogP contribution in [0.5, 0.6) is 5.75 Å². The Kier molecular flexibility index (Phi) is 3.76. The van der Waals surface area contributed by atoms with Crippen LogP contribution in [0.15, 0.2) is 63.8 Å². The normalized spacial score (nSPS) is 18.6. The Morgan fingerprint density at radius 2 is 1.80 bits per heavy atom. The van der Waals surface area contributed by atoms with Gasteiger partial charge in [0.2, 0.25) is 6.10 Å². The molecule has 0 N–H and O–H groups in total. The molecular formula is C20H16O5. The van der Waals surface area contributed by atoms with Crippen LogP contribution in [0.25, 0.3) is 11.0 Å². The summed E-state index contributed by atoms with van der Waals surface area (Å²) in [5.41, 5.74) is 1.11. The fourth-order valence-corrected chi connectivity index (χ4v) is 3.29. The van der Waals surface area contributed by atoms with Crippen LogP contribution in [0, 0.1) is 0 Å². The average Bonchev–Trinajstić information content (AvgIpc) is 3.04. The van der Waals surface area contributed by atoms with Crippen molar-refractivity contribution in [3.8, 4) is 5.75 Å². The predicted octanol–water partition coefficient (Wildman–Crippen LogP) is 3.25. The van der Waals surface area contributed by atoms with Gasteiger partial charge in [0.05, 0.1) is 23.5 Å². The fourth-order valence-electron chi connectivity index (χ4n) is 3.29. The number of fused-ring (bicyclic) bond motifs is 3. The molecule has 0 saturated carbocycles. The molecule has 0 saturated heterocycles. The molecule has 0 amide bonds. The molecule has 0 unspecified atom stereocenters. The molecule has 0 bridgehead atoms. The number of ether oxygens (including phenoxy) is 2. The van der Waals surface area contributed by atoms with Gasteiger partial charge in [0.15, 0.2) is 0 Å². The quantitative estimate of drug-likeness (QED) is 0.542. The Balaban J connectivity index is 1.96. The number of carbonyl (C=O) groups is 1. The predicted molar refractivity (Wildman–Crippen MR) is 91.8 cm³/mol. The third-order valence-electron chi connectivity index (χ3n) is 4.34. The lowest BCUT2D eigenvalue weighted by Crippen LogP contribution is -2.32. The van der Waals surface area contributed by atoms with Crippen LogP contribution in [-0.4, -0.2) is 18.7 Å². The zero-order valence-corrected chi connectivity index (χ0v) is 13.6. The van der Waals surface area contributed by atoms with E-state index in [0.717, 1.165) is 5.56 Å². The number of hydrogen-bond donors (Lipinski definition) is 0. The van der Waals surface area contributed by atoms with E-state index in [9.17, 15) is 9.59 Å². The number of benzene rings is 2. The van der Waals surface area contributed by atoms with Gasteiger partial charge < -0.3 is 13.9 Å². The van der Waals surface area contributed by atoms with Gasteiger partial charge >= 0.3 is 11.6 Å². The third-order valence-corrected chi connectivity index (χ3v) is 4.34. The summed E-state index contributed by atoms with van der Waals surface area (Å²) in [6.07, 6.45) is -0.911. The van der Waals surface area contributed by atoms with Crippen LogP contribution >= 0.6 is 0 Å². The number of carbonyl (C=O) groups excluding carboxylic acids is 1. The van der Waals surface area contributed by atoms with Crippen LogP contribution in [-0.2, 0) is 9.53 Å². The second kappa shape index (κ2) is 6.09. The van der Waals surface area contributed by atoms with Crippen LogP contribution in [0.1, 0.15) is 24.0 Å². The molecule has 5 nitrogen and oxygen atoms in total. The Hall–Kier alpha value is -3.08. The van der Waals surface area contributed by atoms with Crippen molar-refractivity contribution in [2.24, 2.45) is 0 Å². The van der Waals surface area contributed by atoms with Gasteiger partial charge in [-0.05, 0) is 24.6 Å². The van der Waals surface area contributed by atoms with Crippen molar-refractivity contribution < 1.29 is 18.7 Å². The van der Waals surface area contributed by atoms with Gasteiger partial charge in [-0.3, -0.25) is 0 Å². The highest BCUT2D eigenvalue weighted by Crippen LogP contribution is 2.44. The first-order valence-corrected chi connectivity index (χ1v) is 8.14. The minimum Gasteiger partial charge on any atom is -0.476 e. The van der Waals surface area contributed by atoms with E-state index < -0.39 is 23.6 Å². The minimum atomic E-state index is -0.911. The SMILES string of the molecule is CCOC(=O)[C@@H]1Oc2c(c(=O)oc3ccccc23)[C@@H]1c1ccccc1. The first-order chi connectivity index (χ1) is 12.2. The van der Waals surface area contributed by atoms with Crippen molar-refractivity contribution in [1.82, 2.24) is 0 Å². The summed E-state index contributed by atoms with van der Waals surface area (Å²) >= 11 is 0. The van der Waals surface area contributed by atoms with Gasteiger partial charge in [-0.25, -0.2) is 9.59 Å². The molecule has 2 atom stereocenters. The minimum absolute atomic E-state index is 0.242. The summed E-state index contributed by atoms with van der Waals surface area (Å²) in [4.78, 5) is 25.1. The Morgan fingerprint density at radius 1 is 1.08 bits per heavy atom.